The molecule has 13 heavy (non-hydrogen) atoms. The van der Waals surface area contributed by atoms with E-state index in [1.807, 2.05) is 18.0 Å². The SMILES string of the molecule is CSCCC(C)NCc1cnc[nH]1. The summed E-state index contributed by atoms with van der Waals surface area (Å²) >= 11 is 1.89. The molecule has 1 unspecified atom stereocenters. The molecule has 0 bridgehead atoms. The predicted molar refractivity (Wildman–Crippen MR) is 57.9 cm³/mol. The zero-order valence-corrected chi connectivity index (χ0v) is 9.03. The summed E-state index contributed by atoms with van der Waals surface area (Å²) in [5, 5.41) is 3.44. The van der Waals surface area contributed by atoms with Gasteiger partial charge in [0.2, 0.25) is 0 Å². The second-order valence-electron chi connectivity index (χ2n) is 3.14. The average molecular weight is 199 g/mol. The van der Waals surface area contributed by atoms with Crippen LogP contribution in [0.4, 0.5) is 0 Å². The summed E-state index contributed by atoms with van der Waals surface area (Å²) in [6.07, 6.45) is 6.93. The van der Waals surface area contributed by atoms with Crippen LogP contribution in [0.3, 0.4) is 0 Å². The number of nitrogens with one attached hydrogen (secondary N) is 2. The van der Waals surface area contributed by atoms with Gasteiger partial charge >= 0.3 is 0 Å². The highest BCUT2D eigenvalue weighted by atomic mass is 32.2. The third-order valence-corrected chi connectivity index (χ3v) is 2.59. The van der Waals surface area contributed by atoms with Gasteiger partial charge in [0, 0.05) is 24.5 Å². The van der Waals surface area contributed by atoms with E-state index >= 15 is 0 Å². The number of thioether (sulfide) groups is 1. The molecule has 0 spiro atoms. The minimum atomic E-state index is 0.579. The summed E-state index contributed by atoms with van der Waals surface area (Å²) in [5.41, 5.74) is 1.15. The van der Waals surface area contributed by atoms with Gasteiger partial charge in [-0.25, -0.2) is 4.98 Å². The van der Waals surface area contributed by atoms with E-state index in [1.165, 1.54) is 12.2 Å². The minimum Gasteiger partial charge on any atom is -0.347 e. The van der Waals surface area contributed by atoms with Crippen molar-refractivity contribution in [1.29, 1.82) is 0 Å². The molecule has 1 rings (SSSR count). The third kappa shape index (κ3) is 4.33. The van der Waals surface area contributed by atoms with Crippen molar-refractivity contribution in [3.63, 3.8) is 0 Å². The maximum atomic E-state index is 3.96. The van der Waals surface area contributed by atoms with Crippen LogP contribution in [-0.2, 0) is 6.54 Å². The quantitative estimate of drug-likeness (QED) is 0.732. The van der Waals surface area contributed by atoms with E-state index in [1.54, 1.807) is 6.33 Å². The smallest absolute Gasteiger partial charge is 0.0922 e. The van der Waals surface area contributed by atoms with Crippen LogP contribution < -0.4 is 5.32 Å². The van der Waals surface area contributed by atoms with E-state index in [-0.39, 0.29) is 0 Å². The third-order valence-electron chi connectivity index (χ3n) is 1.95. The Kier molecular flexibility index (Phi) is 4.93. The van der Waals surface area contributed by atoms with Crippen LogP contribution >= 0.6 is 11.8 Å². The van der Waals surface area contributed by atoms with E-state index in [9.17, 15) is 0 Å². The van der Waals surface area contributed by atoms with Crippen molar-refractivity contribution in [2.45, 2.75) is 25.9 Å². The van der Waals surface area contributed by atoms with Crippen molar-refractivity contribution in [3.8, 4) is 0 Å². The summed E-state index contributed by atoms with van der Waals surface area (Å²) < 4.78 is 0. The zero-order chi connectivity index (χ0) is 9.52. The lowest BCUT2D eigenvalue weighted by atomic mass is 10.2. The van der Waals surface area contributed by atoms with Crippen LogP contribution in [0.2, 0.25) is 0 Å². The first-order valence-electron chi connectivity index (χ1n) is 4.52. The molecule has 0 aliphatic heterocycles. The van der Waals surface area contributed by atoms with Gasteiger partial charge in [-0.1, -0.05) is 0 Å². The van der Waals surface area contributed by atoms with Crippen LogP contribution in [0.1, 0.15) is 19.0 Å². The topological polar surface area (TPSA) is 40.7 Å². The lowest BCUT2D eigenvalue weighted by molar-refractivity contribution is 0.533. The Morgan fingerprint density at radius 2 is 2.54 bits per heavy atom. The average Bonchev–Trinajstić information content (AvgIpc) is 2.64. The first kappa shape index (κ1) is 10.6. The fourth-order valence-electron chi connectivity index (χ4n) is 1.06. The fourth-order valence-corrected chi connectivity index (χ4v) is 1.65. The second kappa shape index (κ2) is 6.05. The fraction of sp³-hybridized carbons (Fsp3) is 0.667. The van der Waals surface area contributed by atoms with Gasteiger partial charge in [-0.2, -0.15) is 11.8 Å². The number of aromatic nitrogens is 2. The molecule has 0 aromatic carbocycles. The summed E-state index contributed by atoms with van der Waals surface area (Å²) in [4.78, 5) is 7.03. The van der Waals surface area contributed by atoms with E-state index in [0.29, 0.717) is 6.04 Å². The largest absolute Gasteiger partial charge is 0.347 e. The number of H-pyrrole nitrogens is 1. The molecule has 2 N–H and O–H groups in total. The van der Waals surface area contributed by atoms with Crippen molar-refractivity contribution in [2.24, 2.45) is 0 Å². The Hall–Kier alpha value is -0.480. The van der Waals surface area contributed by atoms with Gasteiger partial charge in [0.05, 0.1) is 6.33 Å². The Morgan fingerprint density at radius 1 is 1.69 bits per heavy atom. The van der Waals surface area contributed by atoms with Crippen molar-refractivity contribution in [2.75, 3.05) is 12.0 Å². The number of nitrogens with zero attached hydrogens (tertiary/aromatic N) is 1. The van der Waals surface area contributed by atoms with Gasteiger partial charge in [-0.15, -0.1) is 0 Å². The van der Waals surface area contributed by atoms with Crippen molar-refractivity contribution < 1.29 is 0 Å². The molecule has 0 aliphatic rings. The molecule has 3 nitrogen and oxygen atoms in total. The molecule has 1 atom stereocenters. The highest BCUT2D eigenvalue weighted by molar-refractivity contribution is 7.98. The Balaban J connectivity index is 2.11. The predicted octanol–water partition coefficient (Wildman–Crippen LogP) is 1.64. The van der Waals surface area contributed by atoms with E-state index < -0.39 is 0 Å². The molecule has 0 saturated heterocycles. The van der Waals surface area contributed by atoms with E-state index in [0.717, 1.165) is 12.2 Å². The molecule has 1 aromatic rings. The van der Waals surface area contributed by atoms with Crippen molar-refractivity contribution >= 4 is 11.8 Å². The number of hydrogen-bond acceptors (Lipinski definition) is 3. The Bertz CT molecular complexity index is 211. The maximum absolute atomic E-state index is 3.96. The lowest BCUT2D eigenvalue weighted by Crippen LogP contribution is -2.26. The van der Waals surface area contributed by atoms with Crippen LogP contribution in [0.25, 0.3) is 0 Å². The standard InChI is InChI=1S/C9H17N3S/c1-8(3-4-13-2)11-6-9-5-10-7-12-9/h5,7-8,11H,3-4,6H2,1-2H3,(H,10,12). The number of rotatable bonds is 6. The molecule has 0 fully saturated rings. The first-order valence-corrected chi connectivity index (χ1v) is 5.92. The highest BCUT2D eigenvalue weighted by Gasteiger charge is 2.00. The van der Waals surface area contributed by atoms with Crippen LogP contribution in [-0.4, -0.2) is 28.0 Å². The zero-order valence-electron chi connectivity index (χ0n) is 8.21. The maximum Gasteiger partial charge on any atom is 0.0922 e. The first-order chi connectivity index (χ1) is 6.33. The van der Waals surface area contributed by atoms with Gasteiger partial charge in [0.25, 0.3) is 0 Å². The molecule has 74 valence electrons. The van der Waals surface area contributed by atoms with Gasteiger partial charge in [-0.3, -0.25) is 0 Å². The molecule has 4 heteroatoms. The lowest BCUT2D eigenvalue weighted by Gasteiger charge is -2.11. The van der Waals surface area contributed by atoms with E-state index in [4.69, 9.17) is 0 Å². The highest BCUT2D eigenvalue weighted by Crippen LogP contribution is 2.00. The van der Waals surface area contributed by atoms with Gasteiger partial charge in [-0.05, 0) is 25.4 Å². The van der Waals surface area contributed by atoms with Gasteiger partial charge in [0.15, 0.2) is 0 Å². The van der Waals surface area contributed by atoms with Crippen LogP contribution in [0.15, 0.2) is 12.5 Å². The summed E-state index contributed by atoms with van der Waals surface area (Å²) in [5.74, 6) is 1.22. The summed E-state index contributed by atoms with van der Waals surface area (Å²) in [6.45, 7) is 3.10. The Labute approximate surface area is 83.7 Å². The van der Waals surface area contributed by atoms with E-state index in [2.05, 4.69) is 28.5 Å². The normalized spacial score (nSPS) is 13.1. The number of hydrogen-bond donors (Lipinski definition) is 2. The molecule has 0 saturated carbocycles. The van der Waals surface area contributed by atoms with Crippen LogP contribution in [0, 0.1) is 0 Å². The molecular weight excluding hydrogens is 182 g/mol. The minimum absolute atomic E-state index is 0.579. The molecule has 1 heterocycles. The van der Waals surface area contributed by atoms with Gasteiger partial charge < -0.3 is 10.3 Å². The number of imidazole rings is 1. The molecule has 0 radical (unpaired) electrons. The molecule has 1 aromatic heterocycles. The summed E-state index contributed by atoms with van der Waals surface area (Å²) in [6, 6.07) is 0.579. The molecule has 0 amide bonds. The van der Waals surface area contributed by atoms with Crippen LogP contribution in [0.5, 0.6) is 0 Å². The molecular formula is C9H17N3S. The van der Waals surface area contributed by atoms with Crippen molar-refractivity contribution in [3.05, 3.63) is 18.2 Å². The van der Waals surface area contributed by atoms with Gasteiger partial charge in [0.1, 0.15) is 0 Å². The Morgan fingerprint density at radius 3 is 3.15 bits per heavy atom. The number of aromatic amines is 1. The monoisotopic (exact) mass is 199 g/mol. The van der Waals surface area contributed by atoms with Crippen molar-refractivity contribution in [1.82, 2.24) is 15.3 Å². The second-order valence-corrected chi connectivity index (χ2v) is 4.13. The summed E-state index contributed by atoms with van der Waals surface area (Å²) in [7, 11) is 0. The molecule has 0 aliphatic carbocycles.